The van der Waals surface area contributed by atoms with E-state index in [0.717, 1.165) is 18.8 Å². The van der Waals surface area contributed by atoms with Crippen molar-refractivity contribution in [2.75, 3.05) is 27.4 Å². The number of carboxylic acids is 1. The molecule has 2 N–H and O–H groups in total. The van der Waals surface area contributed by atoms with Crippen LogP contribution in [-0.4, -0.2) is 43.6 Å². The van der Waals surface area contributed by atoms with E-state index in [1.54, 1.807) is 31.4 Å². The van der Waals surface area contributed by atoms with Gasteiger partial charge in [-0.1, -0.05) is 30.6 Å². The maximum atomic E-state index is 10.5. The molecule has 1 aliphatic rings. The minimum atomic E-state index is -1.02. The number of methoxy groups -OCH3 is 2. The lowest BCUT2D eigenvalue weighted by atomic mass is 10.2. The molecule has 2 aromatic rings. The molecule has 162 valence electrons. The van der Waals surface area contributed by atoms with Gasteiger partial charge < -0.3 is 24.4 Å². The molecule has 29 heavy (non-hydrogen) atoms. The van der Waals surface area contributed by atoms with Crippen molar-refractivity contribution >= 4 is 29.2 Å². The highest BCUT2D eigenvalue weighted by Crippen LogP contribution is 2.21. The number of carboxylic acid groups (broad SMARTS) is 1. The Bertz CT molecular complexity index is 718. The number of aliphatic hydroxyl groups is 1. The van der Waals surface area contributed by atoms with Gasteiger partial charge in [-0.15, -0.1) is 0 Å². The van der Waals surface area contributed by atoms with Crippen LogP contribution in [0.5, 0.6) is 11.5 Å². The van der Waals surface area contributed by atoms with Gasteiger partial charge >= 0.3 is 5.97 Å². The third-order valence-electron chi connectivity index (χ3n) is 3.53. The molecule has 3 rings (SSSR count). The molecule has 6 nitrogen and oxygen atoms in total. The van der Waals surface area contributed by atoms with Crippen molar-refractivity contribution in [1.82, 2.24) is 0 Å². The summed E-state index contributed by atoms with van der Waals surface area (Å²) >= 11 is 11.3. The highest BCUT2D eigenvalue weighted by atomic mass is 35.5. The fourth-order valence-corrected chi connectivity index (χ4v) is 2.62. The molecule has 0 spiro atoms. The van der Waals surface area contributed by atoms with Gasteiger partial charge in [-0.3, -0.25) is 0 Å². The molecule has 1 saturated heterocycles. The summed E-state index contributed by atoms with van der Waals surface area (Å²) < 4.78 is 14.7. The number of aliphatic hydroxyl groups excluding tert-OH is 1. The van der Waals surface area contributed by atoms with E-state index >= 15 is 0 Å². The predicted octanol–water partition coefficient (Wildman–Crippen LogP) is 5.32. The van der Waals surface area contributed by atoms with Crippen LogP contribution in [0, 0.1) is 0 Å². The molecule has 0 unspecified atom stereocenters. The number of benzene rings is 2. The smallest absolute Gasteiger partial charge is 0.335 e. The van der Waals surface area contributed by atoms with Crippen LogP contribution in [0.2, 0.25) is 10.0 Å². The van der Waals surface area contributed by atoms with Crippen molar-refractivity contribution in [2.24, 2.45) is 0 Å². The van der Waals surface area contributed by atoms with Gasteiger partial charge in [0.25, 0.3) is 0 Å². The monoisotopic (exact) mass is 446 g/mol. The number of ether oxygens (including phenoxy) is 3. The van der Waals surface area contributed by atoms with E-state index in [2.05, 4.69) is 0 Å². The summed E-state index contributed by atoms with van der Waals surface area (Å²) in [5, 5.41) is 18.3. The zero-order chi connectivity index (χ0) is 20.9. The average molecular weight is 447 g/mol. The van der Waals surface area contributed by atoms with E-state index in [-0.39, 0.29) is 19.6 Å². The maximum absolute atomic E-state index is 10.5. The number of rotatable bonds is 4. The van der Waals surface area contributed by atoms with Crippen molar-refractivity contribution in [3.63, 3.8) is 0 Å². The Morgan fingerprint density at radius 3 is 1.90 bits per heavy atom. The molecule has 0 amide bonds. The Kier molecular flexibility index (Phi) is 13.9. The van der Waals surface area contributed by atoms with Gasteiger partial charge in [-0.05, 0) is 54.8 Å². The number of aromatic carboxylic acids is 1. The van der Waals surface area contributed by atoms with Gasteiger partial charge in [0.2, 0.25) is 0 Å². The number of hydrogen-bond acceptors (Lipinski definition) is 5. The first-order valence-electron chi connectivity index (χ1n) is 8.49. The molecule has 0 atom stereocenters. The molecular formula is C21H28Cl2O6. The zero-order valence-corrected chi connectivity index (χ0v) is 17.3. The van der Waals surface area contributed by atoms with Gasteiger partial charge in [-0.2, -0.15) is 0 Å². The van der Waals surface area contributed by atoms with E-state index in [9.17, 15) is 4.79 Å². The van der Waals surface area contributed by atoms with E-state index in [1.807, 2.05) is 0 Å². The van der Waals surface area contributed by atoms with Crippen molar-refractivity contribution in [3.05, 3.63) is 57.6 Å². The summed E-state index contributed by atoms with van der Waals surface area (Å²) in [6.45, 7) is 1.98. The normalized spacial score (nSPS) is 11.8. The highest BCUT2D eigenvalue weighted by Gasteiger charge is 2.05. The van der Waals surface area contributed by atoms with Crippen LogP contribution >= 0.6 is 23.2 Å². The molecule has 0 saturated carbocycles. The minimum Gasteiger partial charge on any atom is -0.497 e. The second-order valence-corrected chi connectivity index (χ2v) is 6.53. The van der Waals surface area contributed by atoms with E-state index in [0.29, 0.717) is 21.5 Å². The van der Waals surface area contributed by atoms with E-state index in [1.165, 1.54) is 32.1 Å². The van der Waals surface area contributed by atoms with Crippen LogP contribution < -0.4 is 9.47 Å². The lowest BCUT2D eigenvalue weighted by Crippen LogP contribution is -1.96. The Labute approximate surface area is 181 Å². The Morgan fingerprint density at radius 1 is 0.966 bits per heavy atom. The van der Waals surface area contributed by atoms with E-state index in [4.69, 9.17) is 47.6 Å². The van der Waals surface area contributed by atoms with Crippen molar-refractivity contribution < 1.29 is 29.2 Å². The lowest BCUT2D eigenvalue weighted by Gasteiger charge is -2.02. The maximum Gasteiger partial charge on any atom is 0.335 e. The largest absolute Gasteiger partial charge is 0.497 e. The quantitative estimate of drug-likeness (QED) is 0.660. The Hall–Kier alpha value is -1.99. The molecular weight excluding hydrogens is 419 g/mol. The Balaban J connectivity index is 0.000000427. The van der Waals surface area contributed by atoms with Crippen molar-refractivity contribution in [3.8, 4) is 11.5 Å². The second-order valence-electron chi connectivity index (χ2n) is 5.66. The first-order valence-corrected chi connectivity index (χ1v) is 9.25. The topological polar surface area (TPSA) is 85.2 Å². The van der Waals surface area contributed by atoms with Gasteiger partial charge in [0, 0.05) is 23.3 Å². The minimum absolute atomic E-state index is 0. The highest BCUT2D eigenvalue weighted by molar-refractivity contribution is 6.31. The van der Waals surface area contributed by atoms with Crippen LogP contribution in [0.25, 0.3) is 0 Å². The number of carbonyl (C=O) groups is 1. The van der Waals surface area contributed by atoms with Crippen LogP contribution in [0.15, 0.2) is 36.4 Å². The molecule has 0 radical (unpaired) electrons. The fourth-order valence-electron chi connectivity index (χ4n) is 2.14. The van der Waals surface area contributed by atoms with Crippen LogP contribution in [0.4, 0.5) is 0 Å². The summed E-state index contributed by atoms with van der Waals surface area (Å²) in [4.78, 5) is 10.5. The first-order chi connectivity index (χ1) is 13.4. The lowest BCUT2D eigenvalue weighted by molar-refractivity contribution is 0.0696. The fraction of sp³-hybridized carbons (Fsp3) is 0.381. The molecule has 0 bridgehead atoms. The molecule has 0 aliphatic carbocycles. The van der Waals surface area contributed by atoms with Gasteiger partial charge in [0.1, 0.15) is 11.5 Å². The van der Waals surface area contributed by atoms with Crippen LogP contribution in [-0.2, 0) is 11.3 Å². The molecule has 0 aromatic heterocycles. The van der Waals surface area contributed by atoms with E-state index < -0.39 is 5.97 Å². The summed E-state index contributed by atoms with van der Waals surface area (Å²) in [6.07, 6.45) is 2.56. The Morgan fingerprint density at radius 2 is 1.48 bits per heavy atom. The third-order valence-corrected chi connectivity index (χ3v) is 3.97. The number of halogens is 2. The third kappa shape index (κ3) is 10.9. The molecule has 1 aliphatic heterocycles. The summed E-state index contributed by atoms with van der Waals surface area (Å²) in [6, 6.07) is 9.46. The van der Waals surface area contributed by atoms with Crippen molar-refractivity contribution in [2.45, 2.75) is 26.9 Å². The predicted molar refractivity (Wildman–Crippen MR) is 116 cm³/mol. The van der Waals surface area contributed by atoms with Gasteiger partial charge in [0.05, 0.1) is 26.4 Å². The molecule has 8 heteroatoms. The van der Waals surface area contributed by atoms with Crippen LogP contribution in [0.1, 0.15) is 36.2 Å². The SMILES string of the molecule is C.C1CCOC1.COc1cc(Cl)cc(C(=O)O)c1.COc1cc(Cl)cc(CO)c1. The summed E-state index contributed by atoms with van der Waals surface area (Å²) in [5.74, 6) is 0.0947. The number of hydrogen-bond donors (Lipinski definition) is 2. The molecule has 1 fully saturated rings. The summed E-state index contributed by atoms with van der Waals surface area (Å²) in [7, 11) is 3.02. The van der Waals surface area contributed by atoms with Crippen molar-refractivity contribution in [1.29, 1.82) is 0 Å². The van der Waals surface area contributed by atoms with Gasteiger partial charge in [0.15, 0.2) is 0 Å². The second kappa shape index (κ2) is 14.9. The van der Waals surface area contributed by atoms with Gasteiger partial charge in [-0.25, -0.2) is 4.79 Å². The first kappa shape index (κ1) is 27.0. The molecule has 2 aromatic carbocycles. The average Bonchev–Trinajstić information content (AvgIpc) is 3.27. The summed E-state index contributed by atoms with van der Waals surface area (Å²) in [5.41, 5.74) is 0.883. The standard InChI is InChI=1S/C8H7ClO3.C8H9ClO2.C4H8O.CH4/c1-12-7-3-5(8(10)11)2-6(9)4-7;1-11-8-3-6(5-10)2-7(9)4-8;1-2-4-5-3-1;/h2-4H,1H3,(H,10,11);2-4,10H,5H2,1H3;1-4H2;1H4. The molecule has 1 heterocycles. The zero-order valence-electron chi connectivity index (χ0n) is 15.8. The van der Waals surface area contributed by atoms with Crippen LogP contribution in [0.3, 0.4) is 0 Å².